The van der Waals surface area contributed by atoms with Gasteiger partial charge in [-0.1, -0.05) is 0 Å². The van der Waals surface area contributed by atoms with E-state index in [-0.39, 0.29) is 25.3 Å². The SMILES string of the molecule is CN1CC(=O)N(CC(=O)NCCNc2ccc(C(F)(F)F)cc2[N+](=O)[O-])C1=O. The zero-order valence-corrected chi connectivity index (χ0v) is 14.6. The monoisotopic (exact) mass is 403 g/mol. The average molecular weight is 403 g/mol. The quantitative estimate of drug-likeness (QED) is 0.303. The number of carbonyl (C=O) groups excluding carboxylic acids is 3. The molecule has 2 N–H and O–H groups in total. The van der Waals surface area contributed by atoms with E-state index in [0.717, 1.165) is 15.9 Å². The van der Waals surface area contributed by atoms with Gasteiger partial charge in [-0.05, 0) is 12.1 Å². The van der Waals surface area contributed by atoms with Gasteiger partial charge in [-0.15, -0.1) is 0 Å². The van der Waals surface area contributed by atoms with Crippen molar-refractivity contribution >= 4 is 29.2 Å². The second-order valence-electron chi connectivity index (χ2n) is 5.88. The number of halogens is 3. The van der Waals surface area contributed by atoms with E-state index in [1.54, 1.807) is 0 Å². The van der Waals surface area contributed by atoms with Gasteiger partial charge in [0.15, 0.2) is 0 Å². The van der Waals surface area contributed by atoms with Gasteiger partial charge in [-0.2, -0.15) is 13.2 Å². The minimum absolute atomic E-state index is 0.0280. The number of imide groups is 1. The van der Waals surface area contributed by atoms with Gasteiger partial charge in [0.05, 0.1) is 10.5 Å². The number of rotatable bonds is 7. The minimum Gasteiger partial charge on any atom is -0.378 e. The zero-order valence-electron chi connectivity index (χ0n) is 14.6. The maximum Gasteiger partial charge on any atom is 0.416 e. The standard InChI is InChI=1S/C15H16F3N5O5/c1-21-8-13(25)22(14(21)26)7-12(24)20-5-4-19-10-3-2-9(15(16,17)18)6-11(10)23(27)28/h2-3,6,19H,4-5,7-8H2,1H3,(H,20,24). The second-order valence-corrected chi connectivity index (χ2v) is 5.88. The first-order chi connectivity index (χ1) is 13.0. The smallest absolute Gasteiger partial charge is 0.378 e. The molecule has 0 aromatic heterocycles. The number of nitrogens with zero attached hydrogens (tertiary/aromatic N) is 3. The van der Waals surface area contributed by atoms with Crippen LogP contribution in [-0.2, 0) is 15.8 Å². The summed E-state index contributed by atoms with van der Waals surface area (Å²) >= 11 is 0. The number of carbonyl (C=O) groups is 3. The van der Waals surface area contributed by atoms with Crippen molar-refractivity contribution in [2.75, 3.05) is 38.5 Å². The zero-order chi connectivity index (χ0) is 21.1. The number of anilines is 1. The second kappa shape index (κ2) is 8.10. The molecule has 0 radical (unpaired) electrons. The summed E-state index contributed by atoms with van der Waals surface area (Å²) in [7, 11) is 1.42. The molecule has 0 aliphatic carbocycles. The number of alkyl halides is 3. The number of likely N-dealkylation sites (N-methyl/N-ethyl adjacent to an activating group) is 1. The number of urea groups is 1. The van der Waals surface area contributed by atoms with Gasteiger partial charge < -0.3 is 15.5 Å². The first-order valence-electron chi connectivity index (χ1n) is 7.92. The Labute approximate surface area is 156 Å². The topological polar surface area (TPSA) is 125 Å². The molecule has 1 aromatic carbocycles. The molecule has 1 aliphatic rings. The van der Waals surface area contributed by atoms with Crippen LogP contribution in [0.15, 0.2) is 18.2 Å². The van der Waals surface area contributed by atoms with Gasteiger partial charge in [0.2, 0.25) is 5.91 Å². The van der Waals surface area contributed by atoms with Crippen molar-refractivity contribution in [3.63, 3.8) is 0 Å². The first kappa shape index (κ1) is 20.9. The molecule has 0 atom stereocenters. The fourth-order valence-electron chi connectivity index (χ4n) is 2.43. The van der Waals surface area contributed by atoms with Crippen molar-refractivity contribution in [2.45, 2.75) is 6.18 Å². The van der Waals surface area contributed by atoms with E-state index in [9.17, 15) is 37.7 Å². The summed E-state index contributed by atoms with van der Waals surface area (Å²) in [6.07, 6.45) is -4.71. The lowest BCUT2D eigenvalue weighted by atomic mass is 10.1. The Balaban J connectivity index is 1.88. The number of amides is 4. The summed E-state index contributed by atoms with van der Waals surface area (Å²) in [4.78, 5) is 47.0. The lowest BCUT2D eigenvalue weighted by molar-refractivity contribution is -0.384. The molecule has 10 nitrogen and oxygen atoms in total. The fourth-order valence-corrected chi connectivity index (χ4v) is 2.43. The van der Waals surface area contributed by atoms with E-state index < -0.39 is 46.7 Å². The van der Waals surface area contributed by atoms with E-state index in [1.807, 2.05) is 0 Å². The average Bonchev–Trinajstić information content (AvgIpc) is 2.84. The minimum atomic E-state index is -4.71. The molecule has 28 heavy (non-hydrogen) atoms. The summed E-state index contributed by atoms with van der Waals surface area (Å²) < 4.78 is 38.0. The van der Waals surface area contributed by atoms with Crippen molar-refractivity contribution in [1.82, 2.24) is 15.1 Å². The Morgan fingerprint density at radius 2 is 1.96 bits per heavy atom. The number of hydrogen-bond donors (Lipinski definition) is 2. The highest BCUT2D eigenvalue weighted by atomic mass is 19.4. The molecule has 1 saturated heterocycles. The Bertz CT molecular complexity index is 814. The Morgan fingerprint density at radius 1 is 1.29 bits per heavy atom. The van der Waals surface area contributed by atoms with Gasteiger partial charge in [0.1, 0.15) is 18.8 Å². The van der Waals surface area contributed by atoms with Crippen LogP contribution in [0.4, 0.5) is 29.3 Å². The highest BCUT2D eigenvalue weighted by molar-refractivity contribution is 6.04. The fraction of sp³-hybridized carbons (Fsp3) is 0.400. The summed E-state index contributed by atoms with van der Waals surface area (Å²) in [5, 5.41) is 15.9. The van der Waals surface area contributed by atoms with Crippen LogP contribution in [-0.4, -0.2) is 65.8 Å². The summed E-state index contributed by atoms with van der Waals surface area (Å²) in [5.74, 6) is -1.14. The maximum absolute atomic E-state index is 12.7. The van der Waals surface area contributed by atoms with Crippen LogP contribution in [0.1, 0.15) is 5.56 Å². The molecule has 4 amide bonds. The van der Waals surface area contributed by atoms with Crippen LogP contribution >= 0.6 is 0 Å². The highest BCUT2D eigenvalue weighted by Crippen LogP contribution is 2.34. The van der Waals surface area contributed by atoms with Crippen molar-refractivity contribution in [3.05, 3.63) is 33.9 Å². The molecule has 1 fully saturated rings. The highest BCUT2D eigenvalue weighted by Gasteiger charge is 2.35. The van der Waals surface area contributed by atoms with E-state index in [2.05, 4.69) is 10.6 Å². The van der Waals surface area contributed by atoms with Crippen LogP contribution in [0, 0.1) is 10.1 Å². The first-order valence-corrected chi connectivity index (χ1v) is 7.92. The van der Waals surface area contributed by atoms with E-state index in [4.69, 9.17) is 0 Å². The number of nitro groups is 1. The van der Waals surface area contributed by atoms with Crippen molar-refractivity contribution in [2.24, 2.45) is 0 Å². The molecule has 1 heterocycles. The normalized spacial score (nSPS) is 14.4. The molecule has 0 unspecified atom stereocenters. The van der Waals surface area contributed by atoms with Crippen LogP contribution in [0.3, 0.4) is 0 Å². The molecule has 13 heteroatoms. The van der Waals surface area contributed by atoms with Crippen LogP contribution in [0.2, 0.25) is 0 Å². The number of nitro benzene ring substituents is 1. The predicted octanol–water partition coefficient (Wildman–Crippen LogP) is 1.04. The molecule has 0 saturated carbocycles. The van der Waals surface area contributed by atoms with Crippen molar-refractivity contribution < 1.29 is 32.5 Å². The molecule has 152 valence electrons. The van der Waals surface area contributed by atoms with Gasteiger partial charge >= 0.3 is 12.2 Å². The van der Waals surface area contributed by atoms with Crippen molar-refractivity contribution in [3.8, 4) is 0 Å². The molecule has 0 bridgehead atoms. The molecular weight excluding hydrogens is 387 g/mol. The molecular formula is C15H16F3N5O5. The van der Waals surface area contributed by atoms with Crippen LogP contribution < -0.4 is 10.6 Å². The Hall–Kier alpha value is -3.38. The summed E-state index contributed by atoms with van der Waals surface area (Å²) in [5.41, 5.74) is -2.04. The third-order valence-electron chi connectivity index (χ3n) is 3.82. The van der Waals surface area contributed by atoms with E-state index in [1.165, 1.54) is 7.05 Å². The van der Waals surface area contributed by atoms with Crippen LogP contribution in [0.25, 0.3) is 0 Å². The number of hydrogen-bond acceptors (Lipinski definition) is 6. The lowest BCUT2D eigenvalue weighted by Crippen LogP contribution is -2.42. The number of benzene rings is 1. The molecule has 1 aliphatic heterocycles. The van der Waals surface area contributed by atoms with E-state index in [0.29, 0.717) is 12.1 Å². The van der Waals surface area contributed by atoms with Crippen molar-refractivity contribution in [1.29, 1.82) is 0 Å². The molecule has 0 spiro atoms. The van der Waals surface area contributed by atoms with Gasteiger partial charge in [0, 0.05) is 26.2 Å². The lowest BCUT2D eigenvalue weighted by Gasteiger charge is -2.14. The Kier molecular flexibility index (Phi) is 6.06. The largest absolute Gasteiger partial charge is 0.416 e. The molecule has 2 rings (SSSR count). The number of nitrogens with one attached hydrogen (secondary N) is 2. The Morgan fingerprint density at radius 3 is 2.50 bits per heavy atom. The molecule has 1 aromatic rings. The summed E-state index contributed by atoms with van der Waals surface area (Å²) in [6, 6.07) is 1.45. The van der Waals surface area contributed by atoms with Gasteiger partial charge in [0.25, 0.3) is 11.6 Å². The van der Waals surface area contributed by atoms with Crippen LogP contribution in [0.5, 0.6) is 0 Å². The van der Waals surface area contributed by atoms with Gasteiger partial charge in [-0.25, -0.2) is 4.79 Å². The third kappa shape index (κ3) is 4.86. The van der Waals surface area contributed by atoms with E-state index >= 15 is 0 Å². The predicted molar refractivity (Wildman–Crippen MR) is 89.3 cm³/mol. The summed E-state index contributed by atoms with van der Waals surface area (Å²) in [6.45, 7) is -0.656. The van der Waals surface area contributed by atoms with Gasteiger partial charge in [-0.3, -0.25) is 24.6 Å². The maximum atomic E-state index is 12.7. The third-order valence-corrected chi connectivity index (χ3v) is 3.82.